The van der Waals surface area contributed by atoms with Crippen LogP contribution in [0, 0.1) is 0 Å². The summed E-state index contributed by atoms with van der Waals surface area (Å²) in [5.41, 5.74) is 4.49. The second kappa shape index (κ2) is 7.87. The number of halogens is 17. The van der Waals surface area contributed by atoms with Gasteiger partial charge in [-0.1, -0.05) is 0 Å². The first kappa shape index (κ1) is 30.7. The molecule has 0 rings (SSSR count). The molecule has 2 N–H and O–H groups in total. The highest BCUT2D eigenvalue weighted by molar-refractivity contribution is 7.87. The minimum atomic E-state index is -8.87. The summed E-state index contributed by atoms with van der Waals surface area (Å²) in [6.45, 7) is -2.88. The monoisotopic (exact) mass is 543 g/mol. The largest absolute Gasteiger partial charge is 0.460 e. The Kier molecular flexibility index (Phi) is 7.55. The summed E-state index contributed by atoms with van der Waals surface area (Å²) in [6.07, 6.45) is -7.88. The smallest absolute Gasteiger partial charge is 0.328 e. The van der Waals surface area contributed by atoms with Crippen molar-refractivity contribution in [1.29, 1.82) is 0 Å². The zero-order chi connectivity index (χ0) is 26.6. The lowest BCUT2D eigenvalue weighted by Crippen LogP contribution is -2.75. The van der Waals surface area contributed by atoms with Gasteiger partial charge in [0.25, 0.3) is 0 Å². The minimum Gasteiger partial charge on any atom is -0.328 e. The molecular formula is C10H6F17NO3S. The lowest BCUT2D eigenvalue weighted by molar-refractivity contribution is -0.458. The molecule has 0 unspecified atom stereocenters. The summed E-state index contributed by atoms with van der Waals surface area (Å²) in [6, 6.07) is 0. The first-order valence-electron chi connectivity index (χ1n) is 6.86. The molecule has 0 amide bonds. The van der Waals surface area contributed by atoms with Gasteiger partial charge in [-0.15, -0.1) is 0 Å². The Hall–Kier alpha value is -1.32. The fourth-order valence-electron chi connectivity index (χ4n) is 1.54. The number of rotatable bonds is 10. The van der Waals surface area contributed by atoms with Crippen molar-refractivity contribution in [1.82, 2.24) is 0 Å². The molecule has 0 radical (unpaired) electrons. The maximum atomic E-state index is 13.4. The third kappa shape index (κ3) is 3.84. The van der Waals surface area contributed by atoms with Crippen LogP contribution in [0.4, 0.5) is 74.6 Å². The van der Waals surface area contributed by atoms with E-state index in [1.807, 2.05) is 0 Å². The topological polar surface area (TPSA) is 69.4 Å². The van der Waals surface area contributed by atoms with Crippen LogP contribution in [0.1, 0.15) is 0 Å². The summed E-state index contributed by atoms with van der Waals surface area (Å²) in [7, 11) is -7.49. The molecule has 0 bridgehead atoms. The van der Waals surface area contributed by atoms with Crippen molar-refractivity contribution < 1.29 is 87.2 Å². The predicted octanol–water partition coefficient (Wildman–Crippen LogP) is 4.26. The van der Waals surface area contributed by atoms with Crippen molar-refractivity contribution in [2.24, 2.45) is 5.73 Å². The van der Waals surface area contributed by atoms with E-state index >= 15 is 0 Å². The van der Waals surface area contributed by atoms with Gasteiger partial charge in [-0.05, 0) is 0 Å². The molecule has 0 aliphatic rings. The normalized spacial score (nSPS) is 16.4. The van der Waals surface area contributed by atoms with Gasteiger partial charge in [0.1, 0.15) is 0 Å². The second-order valence-corrected chi connectivity index (χ2v) is 7.18. The highest BCUT2D eigenvalue weighted by atomic mass is 32.2. The van der Waals surface area contributed by atoms with E-state index in [9.17, 15) is 83.1 Å². The minimum absolute atomic E-state index is 1.15. The zero-order valence-electron chi connectivity index (χ0n) is 14.0. The van der Waals surface area contributed by atoms with Gasteiger partial charge >= 0.3 is 57.1 Å². The molecule has 0 atom stereocenters. The Bertz CT molecular complexity index is 787. The van der Waals surface area contributed by atoms with Crippen LogP contribution in [0.2, 0.25) is 0 Å². The Labute approximate surface area is 164 Å². The van der Waals surface area contributed by atoms with Crippen LogP contribution in [-0.2, 0) is 14.3 Å². The van der Waals surface area contributed by atoms with E-state index < -0.39 is 70.2 Å². The summed E-state index contributed by atoms with van der Waals surface area (Å²) in [4.78, 5) is 0. The second-order valence-electron chi connectivity index (χ2n) is 5.53. The zero-order valence-corrected chi connectivity index (χ0v) is 14.9. The van der Waals surface area contributed by atoms with E-state index in [-0.39, 0.29) is 0 Å². The molecule has 0 aromatic heterocycles. The molecule has 0 aromatic rings. The van der Waals surface area contributed by atoms with Gasteiger partial charge in [0.2, 0.25) is 0 Å². The van der Waals surface area contributed by atoms with Crippen LogP contribution >= 0.6 is 0 Å². The van der Waals surface area contributed by atoms with Crippen LogP contribution in [0.25, 0.3) is 0 Å². The van der Waals surface area contributed by atoms with Crippen molar-refractivity contribution in [2.75, 3.05) is 13.2 Å². The lowest BCUT2D eigenvalue weighted by Gasteiger charge is -2.42. The number of nitrogens with two attached hydrogens (primary N) is 1. The highest BCUT2D eigenvalue weighted by Gasteiger charge is 2.96. The van der Waals surface area contributed by atoms with E-state index in [1.165, 1.54) is 0 Å². The summed E-state index contributed by atoms with van der Waals surface area (Å²) in [5.74, 6) is -51.8. The van der Waals surface area contributed by atoms with E-state index in [4.69, 9.17) is 0 Å². The Morgan fingerprint density at radius 1 is 0.531 bits per heavy atom. The molecule has 0 aliphatic heterocycles. The molecule has 0 fully saturated rings. The number of hydrogen-bond donors (Lipinski definition) is 1. The fourth-order valence-corrected chi connectivity index (χ4v) is 2.44. The average molecular weight is 543 g/mol. The average Bonchev–Trinajstić information content (AvgIpc) is 2.57. The molecule has 0 aliphatic carbocycles. The highest BCUT2D eigenvalue weighted by Crippen LogP contribution is 2.64. The third-order valence-electron chi connectivity index (χ3n) is 3.36. The summed E-state index contributed by atoms with van der Waals surface area (Å²) in [5, 5.41) is -7.67. The van der Waals surface area contributed by atoms with Crippen LogP contribution < -0.4 is 5.73 Å². The standard InChI is InChI=1S/C10H6F17NO3S/c11-3(12,5(15,16)7(19,20)9(23,24)25)4(13,14)6(17,18)8(21,22)10(26,27)32(29,30)31-2-1-28/h1-2,28H2. The molecule has 0 saturated heterocycles. The van der Waals surface area contributed by atoms with Crippen molar-refractivity contribution >= 4 is 10.1 Å². The Balaban J connectivity index is 6.85. The van der Waals surface area contributed by atoms with Crippen LogP contribution in [-0.4, -0.2) is 68.5 Å². The molecule has 32 heavy (non-hydrogen) atoms. The molecule has 22 heteroatoms. The van der Waals surface area contributed by atoms with Gasteiger partial charge in [-0.3, -0.25) is 4.18 Å². The molecule has 194 valence electrons. The number of alkyl halides is 17. The van der Waals surface area contributed by atoms with Crippen LogP contribution in [0.3, 0.4) is 0 Å². The van der Waals surface area contributed by atoms with Gasteiger partial charge in [-0.25, -0.2) is 0 Å². The fraction of sp³-hybridized carbons (Fsp3) is 1.00. The Morgan fingerprint density at radius 2 is 0.812 bits per heavy atom. The van der Waals surface area contributed by atoms with Crippen molar-refractivity contribution in [3.8, 4) is 0 Å². The predicted molar refractivity (Wildman–Crippen MR) is 64.6 cm³/mol. The lowest BCUT2D eigenvalue weighted by atomic mass is 9.91. The van der Waals surface area contributed by atoms with Crippen LogP contribution in [0.5, 0.6) is 0 Å². The molecule has 0 heterocycles. The molecule has 0 spiro atoms. The summed E-state index contributed by atoms with van der Waals surface area (Å²) >= 11 is 0. The molecular weight excluding hydrogens is 537 g/mol. The van der Waals surface area contributed by atoms with Gasteiger partial charge in [0.15, 0.2) is 0 Å². The van der Waals surface area contributed by atoms with Crippen LogP contribution in [0.15, 0.2) is 0 Å². The van der Waals surface area contributed by atoms with Gasteiger partial charge < -0.3 is 5.73 Å². The quantitative estimate of drug-likeness (QED) is 0.331. The maximum absolute atomic E-state index is 13.4. The van der Waals surface area contributed by atoms with E-state index in [0.717, 1.165) is 0 Å². The van der Waals surface area contributed by atoms with Crippen molar-refractivity contribution in [3.05, 3.63) is 0 Å². The molecule has 0 aromatic carbocycles. The van der Waals surface area contributed by atoms with Crippen molar-refractivity contribution in [3.63, 3.8) is 0 Å². The van der Waals surface area contributed by atoms with Gasteiger partial charge in [0, 0.05) is 6.54 Å². The van der Waals surface area contributed by atoms with E-state index in [1.54, 1.807) is 0 Å². The number of hydrogen-bond acceptors (Lipinski definition) is 4. The maximum Gasteiger partial charge on any atom is 0.460 e. The SMILES string of the molecule is NCCOS(=O)(=O)C(F)(F)C(F)(F)C(F)(F)C(F)(F)C(F)(F)C(F)(F)C(F)(F)C(F)(F)F. The third-order valence-corrected chi connectivity index (χ3v) is 4.72. The first-order valence-corrected chi connectivity index (χ1v) is 8.27. The molecule has 4 nitrogen and oxygen atoms in total. The molecule has 0 saturated carbocycles. The Morgan fingerprint density at radius 3 is 1.09 bits per heavy atom. The van der Waals surface area contributed by atoms with E-state index in [0.29, 0.717) is 0 Å². The van der Waals surface area contributed by atoms with Gasteiger partial charge in [-0.2, -0.15) is 83.1 Å². The van der Waals surface area contributed by atoms with Crippen molar-refractivity contribution in [2.45, 2.75) is 47.0 Å². The summed E-state index contributed by atoms with van der Waals surface area (Å²) < 4.78 is 245. The first-order chi connectivity index (χ1) is 13.6. The van der Waals surface area contributed by atoms with Gasteiger partial charge in [0.05, 0.1) is 6.61 Å². The van der Waals surface area contributed by atoms with E-state index in [2.05, 4.69) is 9.92 Å².